The number of carbonyl (C=O) groups excluding carboxylic acids is 1. The maximum absolute atomic E-state index is 12.6. The first-order valence-corrected chi connectivity index (χ1v) is 7.24. The molecule has 1 saturated carbocycles. The highest BCUT2D eigenvalue weighted by Crippen LogP contribution is 2.28. The molecule has 0 aromatic carbocycles. The van der Waals surface area contributed by atoms with E-state index in [1.54, 1.807) is 0 Å². The van der Waals surface area contributed by atoms with Gasteiger partial charge in [-0.05, 0) is 37.7 Å². The van der Waals surface area contributed by atoms with Crippen LogP contribution in [0.1, 0.15) is 36.0 Å². The van der Waals surface area contributed by atoms with Gasteiger partial charge in [0, 0.05) is 18.8 Å². The number of halogens is 3. The summed E-state index contributed by atoms with van der Waals surface area (Å²) >= 11 is 5.78. The van der Waals surface area contributed by atoms with Gasteiger partial charge in [0.25, 0.3) is 0 Å². The number of hydrogen-bond acceptors (Lipinski definition) is 4. The molecule has 0 saturated heterocycles. The number of alkyl halides is 2. The van der Waals surface area contributed by atoms with E-state index in [2.05, 4.69) is 10.3 Å². The molecule has 1 aliphatic carbocycles. The van der Waals surface area contributed by atoms with E-state index in [9.17, 15) is 13.6 Å². The van der Waals surface area contributed by atoms with Crippen LogP contribution in [0.4, 0.5) is 14.5 Å². The van der Waals surface area contributed by atoms with Gasteiger partial charge in [0.1, 0.15) is 5.15 Å². The molecule has 0 unspecified atom stereocenters. The lowest BCUT2D eigenvalue weighted by atomic mass is 9.86. The van der Waals surface area contributed by atoms with Gasteiger partial charge in [0.15, 0.2) is 0 Å². The van der Waals surface area contributed by atoms with Crippen molar-refractivity contribution < 1.29 is 18.7 Å². The lowest BCUT2D eigenvalue weighted by molar-refractivity contribution is 0.0679. The van der Waals surface area contributed by atoms with E-state index >= 15 is 0 Å². The van der Waals surface area contributed by atoms with Gasteiger partial charge in [-0.3, -0.25) is 4.79 Å². The van der Waals surface area contributed by atoms with Crippen molar-refractivity contribution in [2.24, 2.45) is 5.92 Å². The number of aliphatic hydroxyl groups is 1. The average Bonchev–Trinajstić information content (AvgIpc) is 2.47. The fraction of sp³-hybridized carbons (Fsp3) is 0.571. The number of rotatable bonds is 5. The van der Waals surface area contributed by atoms with Gasteiger partial charge in [-0.1, -0.05) is 11.6 Å². The molecule has 2 rings (SSSR count). The summed E-state index contributed by atoms with van der Waals surface area (Å²) in [4.78, 5) is 15.2. The lowest BCUT2D eigenvalue weighted by Crippen LogP contribution is -2.28. The normalized spacial score (nSPS) is 22.3. The molecule has 0 radical (unpaired) electrons. The molecule has 116 valence electrons. The van der Waals surface area contributed by atoms with Crippen molar-refractivity contribution in [1.82, 2.24) is 4.98 Å². The first-order valence-electron chi connectivity index (χ1n) is 6.86. The first-order chi connectivity index (χ1) is 10.0. The highest BCUT2D eigenvalue weighted by molar-refractivity contribution is 6.29. The third kappa shape index (κ3) is 4.11. The number of hydrogen-bond donors (Lipinski definition) is 2. The minimum atomic E-state index is -3.07. The van der Waals surface area contributed by atoms with E-state index in [-0.39, 0.29) is 23.4 Å². The number of Topliss-reactive ketones (excluding diaryl/α,β-unsaturated/α-hetero) is 1. The van der Waals surface area contributed by atoms with Crippen LogP contribution in [-0.4, -0.2) is 34.9 Å². The van der Waals surface area contributed by atoms with E-state index in [0.717, 1.165) is 31.9 Å². The third-order valence-electron chi connectivity index (χ3n) is 3.80. The van der Waals surface area contributed by atoms with E-state index in [1.165, 1.54) is 6.07 Å². The molecule has 0 aliphatic heterocycles. The van der Waals surface area contributed by atoms with Crippen LogP contribution >= 0.6 is 11.6 Å². The fourth-order valence-corrected chi connectivity index (χ4v) is 2.73. The van der Waals surface area contributed by atoms with Crippen LogP contribution in [0.5, 0.6) is 0 Å². The molecular formula is C14H17ClF2N2O2. The Morgan fingerprint density at radius 2 is 2.10 bits per heavy atom. The molecule has 0 spiro atoms. The molecule has 0 atom stereocenters. The summed E-state index contributed by atoms with van der Waals surface area (Å²) in [6.45, 7) is 0.170. The van der Waals surface area contributed by atoms with Crippen molar-refractivity contribution in [2.45, 2.75) is 38.2 Å². The standard InChI is InChI=1S/C14H17ClF2N2O2/c15-12-5-11(10(6-18-12)13(21)14(16)17)19-9-3-1-8(7-20)2-4-9/h5-6,8-9,14,20H,1-4,7H2,(H,18,19). The van der Waals surface area contributed by atoms with Crippen LogP contribution in [0.15, 0.2) is 12.3 Å². The van der Waals surface area contributed by atoms with Gasteiger partial charge in [0.2, 0.25) is 5.78 Å². The van der Waals surface area contributed by atoms with Crippen LogP contribution in [0, 0.1) is 5.92 Å². The lowest BCUT2D eigenvalue weighted by Gasteiger charge is -2.29. The molecule has 1 fully saturated rings. The number of anilines is 1. The fourth-order valence-electron chi connectivity index (χ4n) is 2.57. The van der Waals surface area contributed by atoms with Crippen LogP contribution in [0.25, 0.3) is 0 Å². The van der Waals surface area contributed by atoms with Gasteiger partial charge in [-0.2, -0.15) is 0 Å². The predicted octanol–water partition coefficient (Wildman–Crippen LogP) is 3.15. The second kappa shape index (κ2) is 7.13. The SMILES string of the molecule is O=C(c1cnc(Cl)cc1NC1CCC(CO)CC1)C(F)F. The van der Waals surface area contributed by atoms with E-state index in [1.807, 2.05) is 0 Å². The summed E-state index contributed by atoms with van der Waals surface area (Å²) < 4.78 is 25.2. The Morgan fingerprint density at radius 1 is 1.43 bits per heavy atom. The zero-order valence-corrected chi connectivity index (χ0v) is 12.1. The Bertz CT molecular complexity index is 506. The molecule has 1 heterocycles. The summed E-state index contributed by atoms with van der Waals surface area (Å²) in [5.74, 6) is -0.961. The minimum absolute atomic E-state index is 0.0792. The number of nitrogens with zero attached hydrogens (tertiary/aromatic N) is 1. The van der Waals surface area contributed by atoms with Crippen molar-refractivity contribution in [1.29, 1.82) is 0 Å². The van der Waals surface area contributed by atoms with Crippen molar-refractivity contribution in [3.05, 3.63) is 23.0 Å². The van der Waals surface area contributed by atoms with Crippen LogP contribution in [-0.2, 0) is 0 Å². The van der Waals surface area contributed by atoms with Crippen molar-refractivity contribution in [3.63, 3.8) is 0 Å². The summed E-state index contributed by atoms with van der Waals surface area (Å²) in [6, 6.07) is 1.48. The number of carbonyl (C=O) groups is 1. The summed E-state index contributed by atoms with van der Waals surface area (Å²) in [5, 5.41) is 12.4. The van der Waals surface area contributed by atoms with Gasteiger partial charge < -0.3 is 10.4 Å². The molecule has 4 nitrogen and oxygen atoms in total. The van der Waals surface area contributed by atoms with Crippen molar-refractivity contribution in [2.75, 3.05) is 11.9 Å². The monoisotopic (exact) mass is 318 g/mol. The quantitative estimate of drug-likeness (QED) is 0.646. The molecular weight excluding hydrogens is 302 g/mol. The third-order valence-corrected chi connectivity index (χ3v) is 4.01. The second-order valence-corrected chi connectivity index (χ2v) is 5.65. The average molecular weight is 319 g/mol. The maximum Gasteiger partial charge on any atom is 0.300 e. The molecule has 1 aliphatic rings. The molecule has 0 bridgehead atoms. The summed E-state index contributed by atoms with van der Waals surface area (Å²) in [5.41, 5.74) is 0.159. The second-order valence-electron chi connectivity index (χ2n) is 5.26. The zero-order chi connectivity index (χ0) is 15.4. The zero-order valence-electron chi connectivity index (χ0n) is 11.4. The van der Waals surface area contributed by atoms with Gasteiger partial charge in [-0.15, -0.1) is 0 Å². The summed E-state index contributed by atoms with van der Waals surface area (Å²) in [6.07, 6.45) is 1.37. The Labute approximate surface area is 126 Å². The Morgan fingerprint density at radius 3 is 2.67 bits per heavy atom. The highest BCUT2D eigenvalue weighted by atomic mass is 35.5. The molecule has 21 heavy (non-hydrogen) atoms. The topological polar surface area (TPSA) is 62.2 Å². The summed E-state index contributed by atoms with van der Waals surface area (Å²) in [7, 11) is 0. The molecule has 1 aromatic heterocycles. The Kier molecular flexibility index (Phi) is 5.47. The largest absolute Gasteiger partial charge is 0.396 e. The Balaban J connectivity index is 2.12. The maximum atomic E-state index is 12.6. The van der Waals surface area contributed by atoms with Crippen molar-refractivity contribution in [3.8, 4) is 0 Å². The number of aliphatic hydroxyl groups excluding tert-OH is 1. The highest BCUT2D eigenvalue weighted by Gasteiger charge is 2.25. The van der Waals surface area contributed by atoms with Crippen LogP contribution in [0.3, 0.4) is 0 Å². The predicted molar refractivity (Wildman–Crippen MR) is 76.0 cm³/mol. The van der Waals surface area contributed by atoms with Gasteiger partial charge in [-0.25, -0.2) is 13.8 Å². The first kappa shape index (κ1) is 16.1. The number of aromatic nitrogens is 1. The number of ketones is 1. The van der Waals surface area contributed by atoms with E-state index < -0.39 is 12.2 Å². The van der Waals surface area contributed by atoms with Gasteiger partial charge in [0.05, 0.1) is 11.3 Å². The number of pyridine rings is 1. The molecule has 7 heteroatoms. The number of nitrogens with one attached hydrogen (secondary N) is 1. The van der Waals surface area contributed by atoms with Crippen LogP contribution < -0.4 is 5.32 Å². The van der Waals surface area contributed by atoms with E-state index in [4.69, 9.17) is 16.7 Å². The smallest absolute Gasteiger partial charge is 0.300 e. The Hall–Kier alpha value is -1.27. The molecule has 1 aromatic rings. The molecule has 0 amide bonds. The van der Waals surface area contributed by atoms with Crippen molar-refractivity contribution >= 4 is 23.1 Å². The minimum Gasteiger partial charge on any atom is -0.396 e. The van der Waals surface area contributed by atoms with Gasteiger partial charge >= 0.3 is 6.43 Å². The molecule has 2 N–H and O–H groups in total. The van der Waals surface area contributed by atoms with Crippen LogP contribution in [0.2, 0.25) is 5.15 Å². The van der Waals surface area contributed by atoms with E-state index in [0.29, 0.717) is 11.6 Å².